The van der Waals surface area contributed by atoms with Gasteiger partial charge in [-0.1, -0.05) is 0 Å². The van der Waals surface area contributed by atoms with Crippen molar-refractivity contribution in [3.63, 3.8) is 0 Å². The van der Waals surface area contributed by atoms with Crippen LogP contribution in [0.25, 0.3) is 0 Å². The van der Waals surface area contributed by atoms with Crippen molar-refractivity contribution in [2.24, 2.45) is 5.73 Å². The molecular weight excluding hydrogens is 320 g/mol. The van der Waals surface area contributed by atoms with Gasteiger partial charge in [-0.05, 0) is 18.2 Å². The molecule has 0 radical (unpaired) electrons. The van der Waals surface area contributed by atoms with Gasteiger partial charge in [0.05, 0.1) is 5.56 Å². The molecule has 126 valence electrons. The zero-order valence-corrected chi connectivity index (χ0v) is 11.9. The minimum Gasteiger partial charge on any atom is -0.487 e. The van der Waals surface area contributed by atoms with Gasteiger partial charge in [0.1, 0.15) is 6.10 Å². The normalized spacial score (nSPS) is 16.3. The van der Waals surface area contributed by atoms with Crippen LogP contribution in [0.15, 0.2) is 18.2 Å². The van der Waals surface area contributed by atoms with Crippen LogP contribution in [0.2, 0.25) is 0 Å². The Morgan fingerprint density at radius 3 is 2.35 bits per heavy atom. The molecule has 1 saturated heterocycles. The lowest BCUT2D eigenvalue weighted by atomic mass is 10.1. The van der Waals surface area contributed by atoms with E-state index >= 15 is 0 Å². The standard InChI is InChI=1S/C14H14F4N2O3/c15-10-2-1-8(14(16,17)18)7-11(10)23-9-3-5-20(6-4-9)13(22)12(19)21/h1-2,7,9H,3-6H2,(H2,19,21). The van der Waals surface area contributed by atoms with Crippen molar-refractivity contribution in [2.75, 3.05) is 13.1 Å². The first-order chi connectivity index (χ1) is 10.7. The average molecular weight is 334 g/mol. The summed E-state index contributed by atoms with van der Waals surface area (Å²) < 4.78 is 56.8. The molecular formula is C14H14F4N2O3. The molecule has 0 bridgehead atoms. The number of benzene rings is 1. The Bertz CT molecular complexity index is 611. The van der Waals surface area contributed by atoms with Crippen molar-refractivity contribution in [1.29, 1.82) is 0 Å². The quantitative estimate of drug-likeness (QED) is 0.661. The fraction of sp³-hybridized carbons (Fsp3) is 0.429. The topological polar surface area (TPSA) is 72.6 Å². The van der Waals surface area contributed by atoms with E-state index in [1.54, 1.807) is 0 Å². The summed E-state index contributed by atoms with van der Waals surface area (Å²) in [5.74, 6) is -3.28. The van der Waals surface area contributed by atoms with E-state index in [9.17, 15) is 27.2 Å². The average Bonchev–Trinajstić information content (AvgIpc) is 2.48. The summed E-state index contributed by atoms with van der Waals surface area (Å²) in [7, 11) is 0. The van der Waals surface area contributed by atoms with E-state index in [0.717, 1.165) is 0 Å². The molecule has 1 heterocycles. The van der Waals surface area contributed by atoms with Gasteiger partial charge in [0, 0.05) is 25.9 Å². The van der Waals surface area contributed by atoms with Crippen LogP contribution in [0.1, 0.15) is 18.4 Å². The number of carbonyl (C=O) groups is 2. The second kappa shape index (κ2) is 6.43. The van der Waals surface area contributed by atoms with E-state index in [4.69, 9.17) is 10.5 Å². The van der Waals surface area contributed by atoms with Crippen LogP contribution in [0.4, 0.5) is 17.6 Å². The predicted molar refractivity (Wildman–Crippen MR) is 70.8 cm³/mol. The minimum atomic E-state index is -4.59. The van der Waals surface area contributed by atoms with E-state index in [-0.39, 0.29) is 25.9 Å². The Morgan fingerprint density at radius 2 is 1.83 bits per heavy atom. The van der Waals surface area contributed by atoms with Crippen molar-refractivity contribution in [2.45, 2.75) is 25.1 Å². The smallest absolute Gasteiger partial charge is 0.416 e. The first-order valence-electron chi connectivity index (χ1n) is 6.80. The van der Waals surface area contributed by atoms with Crippen LogP contribution in [0.5, 0.6) is 5.75 Å². The molecule has 0 unspecified atom stereocenters. The Balaban J connectivity index is 2.02. The zero-order valence-electron chi connectivity index (χ0n) is 11.9. The monoisotopic (exact) mass is 334 g/mol. The third-order valence-corrected chi connectivity index (χ3v) is 3.49. The molecule has 0 aromatic heterocycles. The maximum atomic E-state index is 13.6. The number of ether oxygens (including phenoxy) is 1. The Morgan fingerprint density at radius 1 is 1.22 bits per heavy atom. The lowest BCUT2D eigenvalue weighted by Crippen LogP contribution is -2.46. The van der Waals surface area contributed by atoms with Gasteiger partial charge in [-0.3, -0.25) is 9.59 Å². The second-order valence-corrected chi connectivity index (χ2v) is 5.12. The predicted octanol–water partition coefficient (Wildman–Crippen LogP) is 1.70. The summed E-state index contributed by atoms with van der Waals surface area (Å²) in [6, 6.07) is 1.94. The largest absolute Gasteiger partial charge is 0.487 e. The van der Waals surface area contributed by atoms with E-state index in [1.165, 1.54) is 4.90 Å². The maximum absolute atomic E-state index is 13.6. The highest BCUT2D eigenvalue weighted by Crippen LogP contribution is 2.33. The molecule has 1 aromatic carbocycles. The van der Waals surface area contributed by atoms with Crippen LogP contribution < -0.4 is 10.5 Å². The molecule has 2 N–H and O–H groups in total. The lowest BCUT2D eigenvalue weighted by Gasteiger charge is -2.31. The van der Waals surface area contributed by atoms with Gasteiger partial charge in [-0.15, -0.1) is 0 Å². The van der Waals surface area contributed by atoms with E-state index in [2.05, 4.69) is 0 Å². The number of amides is 2. The highest BCUT2D eigenvalue weighted by molar-refractivity contribution is 6.34. The molecule has 0 saturated carbocycles. The van der Waals surface area contributed by atoms with Crippen LogP contribution in [-0.2, 0) is 15.8 Å². The van der Waals surface area contributed by atoms with Gasteiger partial charge in [0.25, 0.3) is 0 Å². The number of primary amides is 1. The number of likely N-dealkylation sites (tertiary alicyclic amines) is 1. The summed E-state index contributed by atoms with van der Waals surface area (Å²) >= 11 is 0. The number of halogens is 4. The molecule has 9 heteroatoms. The second-order valence-electron chi connectivity index (χ2n) is 5.12. The summed E-state index contributed by atoms with van der Waals surface area (Å²) in [6.45, 7) is 0.319. The van der Waals surface area contributed by atoms with E-state index in [0.29, 0.717) is 18.2 Å². The number of hydrogen-bond acceptors (Lipinski definition) is 3. The molecule has 5 nitrogen and oxygen atoms in total. The van der Waals surface area contributed by atoms with Crippen LogP contribution in [-0.4, -0.2) is 35.9 Å². The Labute approximate surface area is 129 Å². The molecule has 23 heavy (non-hydrogen) atoms. The molecule has 1 aromatic rings. The molecule has 1 aliphatic heterocycles. The number of rotatable bonds is 2. The van der Waals surface area contributed by atoms with Gasteiger partial charge in [-0.25, -0.2) is 4.39 Å². The van der Waals surface area contributed by atoms with Gasteiger partial charge < -0.3 is 15.4 Å². The van der Waals surface area contributed by atoms with Crippen molar-refractivity contribution in [1.82, 2.24) is 4.90 Å². The van der Waals surface area contributed by atoms with Gasteiger partial charge >= 0.3 is 18.0 Å². The molecule has 0 spiro atoms. The van der Waals surface area contributed by atoms with Gasteiger partial charge in [-0.2, -0.15) is 13.2 Å². The lowest BCUT2D eigenvalue weighted by molar-refractivity contribution is -0.145. The number of alkyl halides is 3. The van der Waals surface area contributed by atoms with E-state index < -0.39 is 41.2 Å². The molecule has 0 aliphatic carbocycles. The fourth-order valence-corrected chi connectivity index (χ4v) is 2.28. The van der Waals surface area contributed by atoms with Crippen LogP contribution >= 0.6 is 0 Å². The van der Waals surface area contributed by atoms with Crippen molar-refractivity contribution < 1.29 is 31.9 Å². The summed E-state index contributed by atoms with van der Waals surface area (Å²) in [5.41, 5.74) is 3.88. The maximum Gasteiger partial charge on any atom is 0.416 e. The first kappa shape index (κ1) is 17.0. The molecule has 1 aliphatic rings. The number of carbonyl (C=O) groups excluding carboxylic acids is 2. The molecule has 0 atom stereocenters. The van der Waals surface area contributed by atoms with Gasteiger partial charge in [0.15, 0.2) is 11.6 Å². The van der Waals surface area contributed by atoms with Crippen molar-refractivity contribution in [3.8, 4) is 5.75 Å². The minimum absolute atomic E-state index is 0.160. The molecule has 1 fully saturated rings. The number of piperidine rings is 1. The fourth-order valence-electron chi connectivity index (χ4n) is 2.28. The first-order valence-corrected chi connectivity index (χ1v) is 6.80. The number of hydrogen-bond donors (Lipinski definition) is 1. The Hall–Kier alpha value is -2.32. The van der Waals surface area contributed by atoms with E-state index in [1.807, 2.05) is 0 Å². The zero-order chi connectivity index (χ0) is 17.2. The van der Waals surface area contributed by atoms with Gasteiger partial charge in [0.2, 0.25) is 0 Å². The van der Waals surface area contributed by atoms with Crippen LogP contribution in [0.3, 0.4) is 0 Å². The van der Waals surface area contributed by atoms with Crippen LogP contribution in [0, 0.1) is 5.82 Å². The van der Waals surface area contributed by atoms with Crippen molar-refractivity contribution >= 4 is 11.8 Å². The summed E-state index contributed by atoms with van der Waals surface area (Å²) in [6.07, 6.45) is -4.63. The number of nitrogens with zero attached hydrogens (tertiary/aromatic N) is 1. The third kappa shape index (κ3) is 4.11. The summed E-state index contributed by atoms with van der Waals surface area (Å²) in [5, 5.41) is 0. The highest BCUT2D eigenvalue weighted by Gasteiger charge is 2.32. The number of nitrogens with two attached hydrogens (primary N) is 1. The highest BCUT2D eigenvalue weighted by atomic mass is 19.4. The Kier molecular flexibility index (Phi) is 4.76. The SMILES string of the molecule is NC(=O)C(=O)N1CCC(Oc2cc(C(F)(F)F)ccc2F)CC1. The summed E-state index contributed by atoms with van der Waals surface area (Å²) in [4.78, 5) is 23.4. The van der Waals surface area contributed by atoms with Crippen molar-refractivity contribution in [3.05, 3.63) is 29.6 Å². The molecule has 2 rings (SSSR count). The third-order valence-electron chi connectivity index (χ3n) is 3.49. The molecule has 2 amide bonds.